The maximum atomic E-state index is 12.7. The van der Waals surface area contributed by atoms with Crippen molar-refractivity contribution < 1.29 is 27.5 Å². The Morgan fingerprint density at radius 3 is 2.33 bits per heavy atom. The molecule has 1 aliphatic rings. The van der Waals surface area contributed by atoms with Crippen LogP contribution in [0.15, 0.2) is 66.7 Å². The van der Waals surface area contributed by atoms with E-state index in [4.69, 9.17) is 0 Å². The lowest BCUT2D eigenvalue weighted by Crippen LogP contribution is -2.43. The van der Waals surface area contributed by atoms with Crippen molar-refractivity contribution in [3.63, 3.8) is 0 Å². The summed E-state index contributed by atoms with van der Waals surface area (Å²) >= 11 is 0. The molecule has 3 aromatic carbocycles. The number of alkyl halides is 3. The quantitative estimate of drug-likeness (QED) is 0.422. The lowest BCUT2D eigenvalue weighted by Gasteiger charge is -2.39. The SMILES string of the molecule is CC(=O)Nc1cccc(-c2ccc3c(c2)C(Nc2cccc(OC(F)(F)F)c2)CC(C)N3C(C)=O)c1. The van der Waals surface area contributed by atoms with Crippen molar-refractivity contribution in [2.24, 2.45) is 0 Å². The van der Waals surface area contributed by atoms with Crippen LogP contribution < -0.4 is 20.3 Å². The maximum absolute atomic E-state index is 12.7. The molecule has 188 valence electrons. The molecule has 6 nitrogen and oxygen atoms in total. The number of nitrogens with zero attached hydrogens (tertiary/aromatic N) is 1. The first-order valence-electron chi connectivity index (χ1n) is 11.4. The number of carbonyl (C=O) groups is 2. The number of carbonyl (C=O) groups excluding carboxylic acids is 2. The smallest absolute Gasteiger partial charge is 0.406 e. The Labute approximate surface area is 207 Å². The van der Waals surface area contributed by atoms with Gasteiger partial charge in [-0.3, -0.25) is 9.59 Å². The lowest BCUT2D eigenvalue weighted by atomic mass is 9.88. The highest BCUT2D eigenvalue weighted by molar-refractivity contribution is 5.94. The summed E-state index contributed by atoms with van der Waals surface area (Å²) in [6, 6.07) is 18.5. The van der Waals surface area contributed by atoms with Gasteiger partial charge in [0.2, 0.25) is 11.8 Å². The van der Waals surface area contributed by atoms with Gasteiger partial charge < -0.3 is 20.3 Å². The molecule has 36 heavy (non-hydrogen) atoms. The molecule has 3 aromatic rings. The molecule has 2 atom stereocenters. The number of halogens is 3. The van der Waals surface area contributed by atoms with Crippen molar-refractivity contribution in [2.45, 2.75) is 45.6 Å². The number of benzene rings is 3. The van der Waals surface area contributed by atoms with Crippen LogP contribution in [0.2, 0.25) is 0 Å². The van der Waals surface area contributed by atoms with Crippen molar-refractivity contribution in [2.75, 3.05) is 15.5 Å². The average Bonchev–Trinajstić information content (AvgIpc) is 2.77. The Kier molecular flexibility index (Phi) is 6.92. The number of hydrogen-bond acceptors (Lipinski definition) is 4. The first-order chi connectivity index (χ1) is 17.0. The second-order valence-electron chi connectivity index (χ2n) is 8.78. The molecule has 2 amide bonds. The Bertz CT molecular complexity index is 1290. The normalized spacial score (nSPS) is 17.2. The lowest BCUT2D eigenvalue weighted by molar-refractivity contribution is -0.274. The zero-order valence-corrected chi connectivity index (χ0v) is 20.0. The fourth-order valence-corrected chi connectivity index (χ4v) is 4.62. The molecule has 0 aliphatic carbocycles. The van der Waals surface area contributed by atoms with Gasteiger partial charge in [-0.05, 0) is 66.4 Å². The van der Waals surface area contributed by atoms with E-state index in [0.717, 1.165) is 22.4 Å². The number of ether oxygens (including phenoxy) is 1. The number of nitrogens with one attached hydrogen (secondary N) is 2. The third-order valence-corrected chi connectivity index (χ3v) is 5.94. The molecule has 2 unspecified atom stereocenters. The van der Waals surface area contributed by atoms with Gasteiger partial charge in [-0.1, -0.05) is 24.3 Å². The fourth-order valence-electron chi connectivity index (χ4n) is 4.62. The largest absolute Gasteiger partial charge is 0.573 e. The number of amides is 2. The van der Waals surface area contributed by atoms with E-state index in [1.807, 2.05) is 43.3 Å². The number of rotatable bonds is 5. The molecule has 1 aliphatic heterocycles. The number of anilines is 3. The van der Waals surface area contributed by atoms with Crippen LogP contribution in [0.25, 0.3) is 11.1 Å². The zero-order chi connectivity index (χ0) is 26.0. The minimum absolute atomic E-state index is 0.0943. The van der Waals surface area contributed by atoms with Crippen molar-refractivity contribution in [3.05, 3.63) is 72.3 Å². The van der Waals surface area contributed by atoms with E-state index in [0.29, 0.717) is 17.8 Å². The molecule has 0 aromatic heterocycles. The van der Waals surface area contributed by atoms with Crippen LogP contribution in [-0.4, -0.2) is 24.2 Å². The molecule has 0 saturated carbocycles. The Morgan fingerprint density at radius 2 is 1.64 bits per heavy atom. The van der Waals surface area contributed by atoms with Crippen molar-refractivity contribution >= 4 is 28.9 Å². The van der Waals surface area contributed by atoms with Crippen molar-refractivity contribution in [1.29, 1.82) is 0 Å². The van der Waals surface area contributed by atoms with Gasteiger partial charge in [-0.15, -0.1) is 13.2 Å². The Morgan fingerprint density at radius 1 is 0.944 bits per heavy atom. The van der Waals surface area contributed by atoms with Crippen LogP contribution in [0.5, 0.6) is 5.75 Å². The summed E-state index contributed by atoms with van der Waals surface area (Å²) in [5, 5.41) is 6.10. The molecule has 0 bridgehead atoms. The molecule has 9 heteroatoms. The van der Waals surface area contributed by atoms with E-state index < -0.39 is 6.36 Å². The molecule has 0 saturated heterocycles. The van der Waals surface area contributed by atoms with Gasteiger partial charge >= 0.3 is 6.36 Å². The summed E-state index contributed by atoms with van der Waals surface area (Å²) in [6.45, 7) is 4.89. The second kappa shape index (κ2) is 9.93. The number of hydrogen-bond donors (Lipinski definition) is 2. The van der Waals surface area contributed by atoms with E-state index in [2.05, 4.69) is 15.4 Å². The monoisotopic (exact) mass is 497 g/mol. The predicted octanol–water partition coefficient (Wildman–Crippen LogP) is 6.51. The van der Waals surface area contributed by atoms with E-state index >= 15 is 0 Å². The summed E-state index contributed by atoms with van der Waals surface area (Å²) in [4.78, 5) is 25.7. The average molecular weight is 498 g/mol. The van der Waals surface area contributed by atoms with E-state index in [1.54, 1.807) is 17.0 Å². The zero-order valence-electron chi connectivity index (χ0n) is 20.0. The predicted molar refractivity (Wildman–Crippen MR) is 133 cm³/mol. The summed E-state index contributed by atoms with van der Waals surface area (Å²) in [7, 11) is 0. The first-order valence-corrected chi connectivity index (χ1v) is 11.4. The van der Waals surface area contributed by atoms with Gasteiger partial charge in [0.25, 0.3) is 0 Å². The molecule has 0 radical (unpaired) electrons. The van der Waals surface area contributed by atoms with Crippen LogP contribution in [-0.2, 0) is 9.59 Å². The molecular formula is C27H26F3N3O3. The van der Waals surface area contributed by atoms with Crippen LogP contribution in [0.1, 0.15) is 38.8 Å². The molecule has 0 fully saturated rings. The minimum Gasteiger partial charge on any atom is -0.406 e. The van der Waals surface area contributed by atoms with Crippen LogP contribution in [0.3, 0.4) is 0 Å². The van der Waals surface area contributed by atoms with Gasteiger partial charge in [0, 0.05) is 43.0 Å². The van der Waals surface area contributed by atoms with Gasteiger partial charge in [-0.2, -0.15) is 0 Å². The third kappa shape index (κ3) is 5.79. The van der Waals surface area contributed by atoms with Crippen LogP contribution >= 0.6 is 0 Å². The highest BCUT2D eigenvalue weighted by atomic mass is 19.4. The summed E-state index contributed by atoms with van der Waals surface area (Å²) in [5.74, 6) is -0.585. The van der Waals surface area contributed by atoms with E-state index in [-0.39, 0.29) is 29.6 Å². The van der Waals surface area contributed by atoms with Crippen LogP contribution in [0.4, 0.5) is 30.2 Å². The third-order valence-electron chi connectivity index (χ3n) is 5.94. The molecule has 4 rings (SSSR count). The van der Waals surface area contributed by atoms with Gasteiger partial charge in [0.05, 0.1) is 6.04 Å². The molecule has 2 N–H and O–H groups in total. The number of fused-ring (bicyclic) bond motifs is 1. The molecule has 0 spiro atoms. The summed E-state index contributed by atoms with van der Waals surface area (Å²) in [6.07, 6.45) is -4.24. The van der Waals surface area contributed by atoms with Gasteiger partial charge in [0.15, 0.2) is 0 Å². The van der Waals surface area contributed by atoms with E-state index in [1.165, 1.54) is 32.0 Å². The Balaban J connectivity index is 1.72. The topological polar surface area (TPSA) is 70.7 Å². The minimum atomic E-state index is -4.78. The summed E-state index contributed by atoms with van der Waals surface area (Å²) < 4.78 is 42.2. The highest BCUT2D eigenvalue weighted by Gasteiger charge is 2.33. The standard InChI is InChI=1S/C27H26F3N3O3/c1-16-12-25(32-22-8-5-9-23(15-22)36-27(28,29)30)24-14-20(10-11-26(24)33(16)18(3)35)19-6-4-7-21(13-19)31-17(2)34/h4-11,13-16,25,32H,12H2,1-3H3,(H,31,34). The van der Waals surface area contributed by atoms with E-state index in [9.17, 15) is 22.8 Å². The summed E-state index contributed by atoms with van der Waals surface area (Å²) in [5.41, 5.74) is 4.45. The highest BCUT2D eigenvalue weighted by Crippen LogP contribution is 2.41. The fraction of sp³-hybridized carbons (Fsp3) is 0.259. The maximum Gasteiger partial charge on any atom is 0.573 e. The van der Waals surface area contributed by atoms with Gasteiger partial charge in [-0.25, -0.2) is 0 Å². The van der Waals surface area contributed by atoms with Gasteiger partial charge in [0.1, 0.15) is 5.75 Å². The van der Waals surface area contributed by atoms with Crippen LogP contribution in [0, 0.1) is 0 Å². The molecule has 1 heterocycles. The molecular weight excluding hydrogens is 471 g/mol. The van der Waals surface area contributed by atoms with Crippen molar-refractivity contribution in [3.8, 4) is 16.9 Å². The Hall–Kier alpha value is -4.01. The van der Waals surface area contributed by atoms with Crippen molar-refractivity contribution in [1.82, 2.24) is 0 Å². The second-order valence-corrected chi connectivity index (χ2v) is 8.78. The first kappa shape index (κ1) is 25.1.